The van der Waals surface area contributed by atoms with Crippen LogP contribution in [0, 0.1) is 13.8 Å². The monoisotopic (exact) mass is 427 g/mol. The van der Waals surface area contributed by atoms with Gasteiger partial charge in [0.15, 0.2) is 4.80 Å². The van der Waals surface area contributed by atoms with Crippen LogP contribution in [-0.4, -0.2) is 22.2 Å². The van der Waals surface area contributed by atoms with Crippen LogP contribution >= 0.6 is 22.7 Å². The minimum Gasteiger partial charge on any atom is -0.466 e. The second-order valence-electron chi connectivity index (χ2n) is 6.97. The van der Waals surface area contributed by atoms with Gasteiger partial charge in [-0.05, 0) is 49.9 Å². The zero-order valence-electron chi connectivity index (χ0n) is 16.8. The van der Waals surface area contributed by atoms with Crippen molar-refractivity contribution in [1.82, 2.24) is 9.13 Å². The van der Waals surface area contributed by atoms with Gasteiger partial charge in [0.25, 0.3) is 5.56 Å². The summed E-state index contributed by atoms with van der Waals surface area (Å²) in [7, 11) is 3.35. The fourth-order valence-corrected chi connectivity index (χ4v) is 5.44. The third-order valence-corrected chi connectivity index (χ3v) is 7.25. The maximum Gasteiger partial charge on any atom is 0.338 e. The number of methoxy groups -OCH3 is 1. The van der Waals surface area contributed by atoms with Gasteiger partial charge in [-0.1, -0.05) is 17.4 Å². The molecular weight excluding hydrogens is 406 g/mol. The maximum absolute atomic E-state index is 13.4. The first-order valence-corrected chi connectivity index (χ1v) is 10.8. The molecule has 1 aliphatic heterocycles. The second-order valence-corrected chi connectivity index (χ2v) is 8.96. The molecule has 0 bridgehead atoms. The summed E-state index contributed by atoms with van der Waals surface area (Å²) in [4.78, 5) is 32.0. The highest BCUT2D eigenvalue weighted by molar-refractivity contribution is 7.10. The van der Waals surface area contributed by atoms with Gasteiger partial charge in [0.2, 0.25) is 0 Å². The van der Waals surface area contributed by atoms with Crippen LogP contribution in [0.1, 0.15) is 34.8 Å². The summed E-state index contributed by atoms with van der Waals surface area (Å²) in [6.45, 7) is 5.85. The van der Waals surface area contributed by atoms with E-state index in [0.29, 0.717) is 20.6 Å². The summed E-state index contributed by atoms with van der Waals surface area (Å²) >= 11 is 2.85. The molecule has 6 nitrogen and oxygen atoms in total. The fraction of sp³-hybridized carbons (Fsp3) is 0.286. The Morgan fingerprint density at radius 3 is 2.66 bits per heavy atom. The van der Waals surface area contributed by atoms with Crippen LogP contribution in [0.5, 0.6) is 0 Å². The number of aromatic nitrogens is 2. The van der Waals surface area contributed by atoms with E-state index in [9.17, 15) is 9.59 Å². The number of thiophene rings is 1. The molecule has 1 atom stereocenters. The van der Waals surface area contributed by atoms with Gasteiger partial charge < -0.3 is 9.30 Å². The van der Waals surface area contributed by atoms with Crippen LogP contribution in [0.4, 0.5) is 0 Å². The van der Waals surface area contributed by atoms with Crippen LogP contribution in [-0.2, 0) is 16.6 Å². The first kappa shape index (κ1) is 19.6. The highest BCUT2D eigenvalue weighted by atomic mass is 32.1. The number of esters is 1. The summed E-state index contributed by atoms with van der Waals surface area (Å²) in [5, 5.41) is 1.94. The van der Waals surface area contributed by atoms with Crippen LogP contribution in [0.25, 0.3) is 6.08 Å². The SMILES string of the molecule is COC(=O)C1=C(C)N=c2sc(=Cc3cc(C)n(C)c3C)c(=O)n2C1c1cccs1. The Hall–Kier alpha value is -2.71. The topological polar surface area (TPSA) is 65.6 Å². The molecule has 3 aromatic heterocycles. The summed E-state index contributed by atoms with van der Waals surface area (Å²) in [5.74, 6) is -0.464. The van der Waals surface area contributed by atoms with Gasteiger partial charge in [0.05, 0.1) is 22.9 Å². The van der Waals surface area contributed by atoms with Crippen molar-refractivity contribution in [2.45, 2.75) is 26.8 Å². The average Bonchev–Trinajstić information content (AvgIpc) is 3.38. The predicted octanol–water partition coefficient (Wildman–Crippen LogP) is 2.43. The fourth-order valence-electron chi connectivity index (χ4n) is 3.58. The van der Waals surface area contributed by atoms with Crippen molar-refractivity contribution in [2.75, 3.05) is 7.11 Å². The summed E-state index contributed by atoms with van der Waals surface area (Å²) in [6.07, 6.45) is 1.91. The van der Waals surface area contributed by atoms with Crippen molar-refractivity contribution < 1.29 is 9.53 Å². The van der Waals surface area contributed by atoms with Gasteiger partial charge >= 0.3 is 5.97 Å². The Kier molecular flexibility index (Phi) is 4.92. The molecule has 3 aromatic rings. The molecule has 0 N–H and O–H groups in total. The van der Waals surface area contributed by atoms with E-state index in [2.05, 4.69) is 15.6 Å². The minimum absolute atomic E-state index is 0.151. The Balaban J connectivity index is 1.99. The molecule has 150 valence electrons. The van der Waals surface area contributed by atoms with Gasteiger partial charge in [-0.2, -0.15) is 0 Å². The highest BCUT2D eigenvalue weighted by Gasteiger charge is 2.33. The van der Waals surface area contributed by atoms with E-state index in [-0.39, 0.29) is 5.56 Å². The number of fused-ring (bicyclic) bond motifs is 1. The number of aryl methyl sites for hydroxylation is 1. The number of allylic oxidation sites excluding steroid dienone is 1. The molecule has 4 heterocycles. The number of hydrogen-bond acceptors (Lipinski definition) is 6. The lowest BCUT2D eigenvalue weighted by Crippen LogP contribution is -2.39. The van der Waals surface area contributed by atoms with E-state index in [1.807, 2.05) is 44.5 Å². The van der Waals surface area contributed by atoms with E-state index in [4.69, 9.17) is 4.74 Å². The third kappa shape index (κ3) is 3.12. The molecule has 0 saturated carbocycles. The second kappa shape index (κ2) is 7.27. The molecule has 1 aliphatic rings. The smallest absolute Gasteiger partial charge is 0.338 e. The van der Waals surface area contributed by atoms with Crippen molar-refractivity contribution >= 4 is 34.7 Å². The molecule has 0 aromatic carbocycles. The van der Waals surface area contributed by atoms with E-state index < -0.39 is 12.0 Å². The van der Waals surface area contributed by atoms with Gasteiger partial charge in [-0.25, -0.2) is 9.79 Å². The number of rotatable bonds is 3. The molecule has 8 heteroatoms. The zero-order valence-corrected chi connectivity index (χ0v) is 18.5. The third-order valence-electron chi connectivity index (χ3n) is 5.34. The number of carbonyl (C=O) groups excluding carboxylic acids is 1. The van der Waals surface area contributed by atoms with Crippen molar-refractivity contribution in [1.29, 1.82) is 0 Å². The molecule has 0 radical (unpaired) electrons. The Morgan fingerprint density at radius 2 is 2.07 bits per heavy atom. The average molecular weight is 428 g/mol. The number of ether oxygens (including phenoxy) is 1. The van der Waals surface area contributed by atoms with Crippen LogP contribution < -0.4 is 14.9 Å². The molecular formula is C21H21N3O3S2. The zero-order chi connectivity index (χ0) is 20.9. The van der Waals surface area contributed by atoms with Gasteiger partial charge in [-0.15, -0.1) is 11.3 Å². The lowest BCUT2D eigenvalue weighted by Gasteiger charge is -2.22. The van der Waals surface area contributed by atoms with E-state index in [1.54, 1.807) is 11.5 Å². The molecule has 4 rings (SSSR count). The number of thiazole rings is 1. The summed E-state index contributed by atoms with van der Waals surface area (Å²) in [5.41, 5.74) is 4.06. The van der Waals surface area contributed by atoms with Gasteiger partial charge in [0.1, 0.15) is 6.04 Å². The summed E-state index contributed by atoms with van der Waals surface area (Å²) in [6, 6.07) is 5.38. The molecule has 0 saturated heterocycles. The van der Waals surface area contributed by atoms with Crippen molar-refractivity contribution in [3.05, 3.63) is 76.4 Å². The normalized spacial score (nSPS) is 16.7. The standard InChI is InChI=1S/C21H21N3O3S2/c1-11-9-14(13(3)23(11)4)10-16-19(25)24-18(15-7-6-8-28-15)17(20(26)27-5)12(2)22-21(24)29-16/h6-10,18H,1-5H3. The van der Waals surface area contributed by atoms with E-state index in [0.717, 1.165) is 21.8 Å². The quantitative estimate of drug-likeness (QED) is 0.603. The van der Waals surface area contributed by atoms with Crippen molar-refractivity contribution in [3.8, 4) is 0 Å². The van der Waals surface area contributed by atoms with Crippen LogP contribution in [0.2, 0.25) is 0 Å². The Labute approximate surface area is 175 Å². The van der Waals surface area contributed by atoms with Gasteiger partial charge in [-0.3, -0.25) is 9.36 Å². The largest absolute Gasteiger partial charge is 0.466 e. The number of hydrogen-bond donors (Lipinski definition) is 0. The predicted molar refractivity (Wildman–Crippen MR) is 115 cm³/mol. The van der Waals surface area contributed by atoms with Gasteiger partial charge in [0, 0.05) is 23.3 Å². The highest BCUT2D eigenvalue weighted by Crippen LogP contribution is 2.32. The van der Waals surface area contributed by atoms with Crippen LogP contribution in [0.3, 0.4) is 0 Å². The van der Waals surface area contributed by atoms with Crippen molar-refractivity contribution in [2.24, 2.45) is 12.0 Å². The van der Waals surface area contributed by atoms with E-state index in [1.165, 1.54) is 29.8 Å². The van der Waals surface area contributed by atoms with E-state index >= 15 is 0 Å². The number of nitrogens with zero attached hydrogens (tertiary/aromatic N) is 3. The molecule has 0 amide bonds. The molecule has 0 spiro atoms. The Morgan fingerprint density at radius 1 is 1.31 bits per heavy atom. The number of carbonyl (C=O) groups is 1. The van der Waals surface area contributed by atoms with Crippen molar-refractivity contribution in [3.63, 3.8) is 0 Å². The van der Waals surface area contributed by atoms with Crippen LogP contribution in [0.15, 0.2) is 44.6 Å². The molecule has 1 unspecified atom stereocenters. The molecule has 0 fully saturated rings. The molecule has 0 aliphatic carbocycles. The maximum atomic E-state index is 13.4. The first-order chi connectivity index (χ1) is 13.8. The lowest BCUT2D eigenvalue weighted by molar-refractivity contribution is -0.136. The first-order valence-electron chi connectivity index (χ1n) is 9.10. The molecule has 29 heavy (non-hydrogen) atoms. The lowest BCUT2D eigenvalue weighted by atomic mass is 10.0. The summed E-state index contributed by atoms with van der Waals surface area (Å²) < 4.78 is 9.31. The Bertz CT molecular complexity index is 1320. The minimum atomic E-state index is -0.528.